The summed E-state index contributed by atoms with van der Waals surface area (Å²) in [6.45, 7) is 0. The SMILES string of the molecule is CN(C)C1C=CN=C(Cl)C1=N. The van der Waals surface area contributed by atoms with E-state index in [0.717, 1.165) is 0 Å². The minimum absolute atomic E-state index is 0.0278. The van der Waals surface area contributed by atoms with Crippen LogP contribution in [0.2, 0.25) is 0 Å². The van der Waals surface area contributed by atoms with Crippen LogP contribution in [0.15, 0.2) is 17.3 Å². The van der Waals surface area contributed by atoms with E-state index < -0.39 is 0 Å². The topological polar surface area (TPSA) is 39.5 Å². The largest absolute Gasteiger partial charge is 0.300 e. The first-order valence-corrected chi connectivity index (χ1v) is 3.66. The van der Waals surface area contributed by atoms with Gasteiger partial charge in [-0.1, -0.05) is 11.6 Å². The van der Waals surface area contributed by atoms with E-state index in [1.807, 2.05) is 25.1 Å². The van der Waals surface area contributed by atoms with Crippen LogP contribution in [0.25, 0.3) is 0 Å². The molecule has 0 aromatic rings. The molecule has 11 heavy (non-hydrogen) atoms. The average Bonchev–Trinajstić information content (AvgIpc) is 1.94. The molecule has 1 atom stereocenters. The van der Waals surface area contributed by atoms with E-state index in [0.29, 0.717) is 5.71 Å². The third kappa shape index (κ3) is 1.67. The molecule has 60 valence electrons. The minimum atomic E-state index is -0.0278. The van der Waals surface area contributed by atoms with Crippen molar-refractivity contribution in [3.8, 4) is 0 Å². The van der Waals surface area contributed by atoms with Crippen LogP contribution in [0.5, 0.6) is 0 Å². The molecule has 0 aliphatic carbocycles. The summed E-state index contributed by atoms with van der Waals surface area (Å²) in [5.41, 5.74) is 0.360. The number of hydrogen-bond donors (Lipinski definition) is 1. The van der Waals surface area contributed by atoms with Crippen LogP contribution in [0.3, 0.4) is 0 Å². The Morgan fingerprint density at radius 1 is 1.64 bits per heavy atom. The Labute approximate surface area is 70.9 Å². The normalized spacial score (nSPS) is 24.2. The van der Waals surface area contributed by atoms with Gasteiger partial charge in [0.25, 0.3) is 0 Å². The molecule has 1 heterocycles. The van der Waals surface area contributed by atoms with Crippen molar-refractivity contribution in [2.75, 3.05) is 14.1 Å². The second-order valence-electron chi connectivity index (χ2n) is 2.58. The highest BCUT2D eigenvalue weighted by molar-refractivity contribution is 6.84. The number of hydrogen-bond acceptors (Lipinski definition) is 3. The molecule has 0 radical (unpaired) electrons. The molecule has 1 N–H and O–H groups in total. The monoisotopic (exact) mass is 171 g/mol. The van der Waals surface area contributed by atoms with E-state index in [-0.39, 0.29) is 11.2 Å². The van der Waals surface area contributed by atoms with Gasteiger partial charge in [0, 0.05) is 6.20 Å². The molecular weight excluding hydrogens is 162 g/mol. The van der Waals surface area contributed by atoms with Crippen molar-refractivity contribution >= 4 is 22.5 Å². The fourth-order valence-electron chi connectivity index (χ4n) is 0.908. The van der Waals surface area contributed by atoms with Crippen molar-refractivity contribution in [3.05, 3.63) is 12.3 Å². The summed E-state index contributed by atoms with van der Waals surface area (Å²) < 4.78 is 0. The van der Waals surface area contributed by atoms with Crippen molar-refractivity contribution in [1.29, 1.82) is 5.41 Å². The lowest BCUT2D eigenvalue weighted by Gasteiger charge is -2.22. The summed E-state index contributed by atoms with van der Waals surface area (Å²) in [7, 11) is 3.80. The lowest BCUT2D eigenvalue weighted by atomic mass is 10.1. The zero-order chi connectivity index (χ0) is 8.43. The molecule has 0 amide bonds. The van der Waals surface area contributed by atoms with E-state index >= 15 is 0 Å². The Hall–Kier alpha value is -0.670. The number of rotatable bonds is 1. The summed E-state index contributed by atoms with van der Waals surface area (Å²) in [4.78, 5) is 5.71. The van der Waals surface area contributed by atoms with Gasteiger partial charge in [-0.25, -0.2) is 4.99 Å². The Balaban J connectivity index is 2.82. The third-order valence-corrected chi connectivity index (χ3v) is 1.83. The first kappa shape index (κ1) is 8.43. The molecule has 0 aromatic carbocycles. The molecule has 0 aromatic heterocycles. The van der Waals surface area contributed by atoms with Crippen LogP contribution in [-0.2, 0) is 0 Å². The molecule has 0 bridgehead atoms. The van der Waals surface area contributed by atoms with Crippen LogP contribution in [0.4, 0.5) is 0 Å². The Morgan fingerprint density at radius 2 is 2.27 bits per heavy atom. The van der Waals surface area contributed by atoms with Gasteiger partial charge in [-0.3, -0.25) is 4.90 Å². The summed E-state index contributed by atoms with van der Waals surface area (Å²) >= 11 is 5.65. The van der Waals surface area contributed by atoms with Crippen molar-refractivity contribution in [1.82, 2.24) is 4.90 Å². The van der Waals surface area contributed by atoms with E-state index in [1.165, 1.54) is 0 Å². The fourth-order valence-corrected chi connectivity index (χ4v) is 1.08. The molecule has 0 saturated carbocycles. The number of nitrogens with one attached hydrogen (secondary N) is 1. The van der Waals surface area contributed by atoms with Gasteiger partial charge < -0.3 is 5.41 Å². The summed E-state index contributed by atoms with van der Waals surface area (Å²) in [5, 5.41) is 7.81. The van der Waals surface area contributed by atoms with E-state index in [1.54, 1.807) is 6.20 Å². The quantitative estimate of drug-likeness (QED) is 0.631. The highest BCUT2D eigenvalue weighted by Crippen LogP contribution is 2.07. The molecular formula is C7H10ClN3. The molecule has 1 aliphatic heterocycles. The highest BCUT2D eigenvalue weighted by Gasteiger charge is 2.19. The van der Waals surface area contributed by atoms with Gasteiger partial charge in [-0.05, 0) is 20.2 Å². The number of aliphatic imine (C=N–C) groups is 1. The smallest absolute Gasteiger partial charge is 0.151 e. The number of likely N-dealkylation sites (N-methyl/N-ethyl adjacent to an activating group) is 1. The van der Waals surface area contributed by atoms with Crippen molar-refractivity contribution in [2.45, 2.75) is 6.04 Å². The standard InChI is InChI=1S/C7H10ClN3/c1-11(2)5-3-4-10-7(8)6(5)9/h3-5,9H,1-2H3. The van der Waals surface area contributed by atoms with Crippen molar-refractivity contribution < 1.29 is 0 Å². The number of halogens is 1. The van der Waals surface area contributed by atoms with E-state index in [2.05, 4.69) is 4.99 Å². The van der Waals surface area contributed by atoms with Crippen LogP contribution < -0.4 is 0 Å². The molecule has 4 heteroatoms. The number of nitrogens with zero attached hydrogens (tertiary/aromatic N) is 2. The molecule has 0 spiro atoms. The van der Waals surface area contributed by atoms with E-state index in [9.17, 15) is 0 Å². The third-order valence-electron chi connectivity index (χ3n) is 1.53. The zero-order valence-corrected chi connectivity index (χ0v) is 7.26. The summed E-state index contributed by atoms with van der Waals surface area (Å²) in [6.07, 6.45) is 3.47. The minimum Gasteiger partial charge on any atom is -0.300 e. The van der Waals surface area contributed by atoms with Gasteiger partial charge >= 0.3 is 0 Å². The highest BCUT2D eigenvalue weighted by atomic mass is 35.5. The van der Waals surface area contributed by atoms with Crippen LogP contribution in [-0.4, -0.2) is 35.9 Å². The zero-order valence-electron chi connectivity index (χ0n) is 6.50. The molecule has 0 fully saturated rings. The van der Waals surface area contributed by atoms with Gasteiger partial charge in [0.15, 0.2) is 5.17 Å². The Morgan fingerprint density at radius 3 is 2.73 bits per heavy atom. The van der Waals surface area contributed by atoms with Crippen molar-refractivity contribution in [2.24, 2.45) is 4.99 Å². The average molecular weight is 172 g/mol. The maximum absolute atomic E-state index is 7.53. The van der Waals surface area contributed by atoms with Crippen LogP contribution in [0.1, 0.15) is 0 Å². The lowest BCUT2D eigenvalue weighted by molar-refractivity contribution is 0.408. The van der Waals surface area contributed by atoms with Crippen LogP contribution >= 0.6 is 11.6 Å². The molecule has 1 rings (SSSR count). The van der Waals surface area contributed by atoms with E-state index in [4.69, 9.17) is 17.0 Å². The van der Waals surface area contributed by atoms with Gasteiger partial charge in [0.1, 0.15) is 0 Å². The molecule has 1 unspecified atom stereocenters. The predicted molar refractivity (Wildman–Crippen MR) is 47.6 cm³/mol. The molecule has 1 aliphatic rings. The second-order valence-corrected chi connectivity index (χ2v) is 2.94. The molecule has 3 nitrogen and oxygen atoms in total. The first-order valence-electron chi connectivity index (χ1n) is 3.28. The van der Waals surface area contributed by atoms with Crippen molar-refractivity contribution in [3.63, 3.8) is 0 Å². The second kappa shape index (κ2) is 3.15. The van der Waals surface area contributed by atoms with Gasteiger partial charge in [-0.2, -0.15) is 0 Å². The maximum Gasteiger partial charge on any atom is 0.151 e. The Bertz CT molecular complexity index is 230. The predicted octanol–water partition coefficient (Wildman–Crippen LogP) is 1.10. The Kier molecular flexibility index (Phi) is 2.42. The van der Waals surface area contributed by atoms with Gasteiger partial charge in [0.05, 0.1) is 11.8 Å². The van der Waals surface area contributed by atoms with Gasteiger partial charge in [-0.15, -0.1) is 0 Å². The first-order chi connectivity index (χ1) is 5.13. The fraction of sp³-hybridized carbons (Fsp3) is 0.429. The maximum atomic E-state index is 7.53. The lowest BCUT2D eigenvalue weighted by Crippen LogP contribution is -2.37. The summed E-state index contributed by atoms with van der Waals surface area (Å²) in [5.74, 6) is 0. The van der Waals surface area contributed by atoms with Crippen LogP contribution in [0, 0.1) is 5.41 Å². The van der Waals surface area contributed by atoms with Gasteiger partial charge in [0.2, 0.25) is 0 Å². The summed E-state index contributed by atoms with van der Waals surface area (Å²) in [6, 6.07) is -0.0278. The molecule has 0 saturated heterocycles.